The predicted octanol–water partition coefficient (Wildman–Crippen LogP) is 4.08. The summed E-state index contributed by atoms with van der Waals surface area (Å²) >= 11 is 1.06. The van der Waals surface area contributed by atoms with Crippen molar-refractivity contribution >= 4 is 22.4 Å². The second-order valence-corrected chi connectivity index (χ2v) is 6.44. The highest BCUT2D eigenvalue weighted by molar-refractivity contribution is 7.14. The standard InChI is InChI=1S/C16H15F3N2OS/c1-10-8-23-15(20-10)21(9-16(17,18)19)14(22)13-7-6-11-4-2-3-5-12(11)13/h2-5,8,13H,6-7,9H2,1H3. The van der Waals surface area contributed by atoms with Crippen LogP contribution in [0.5, 0.6) is 0 Å². The molecule has 0 aliphatic heterocycles. The topological polar surface area (TPSA) is 33.2 Å². The van der Waals surface area contributed by atoms with E-state index in [4.69, 9.17) is 0 Å². The fourth-order valence-electron chi connectivity index (χ4n) is 2.89. The van der Waals surface area contributed by atoms with E-state index in [1.165, 1.54) is 0 Å². The number of benzene rings is 1. The number of amides is 1. The lowest BCUT2D eigenvalue weighted by Crippen LogP contribution is -2.41. The van der Waals surface area contributed by atoms with Gasteiger partial charge in [0.05, 0.1) is 11.6 Å². The van der Waals surface area contributed by atoms with Crippen molar-refractivity contribution in [3.63, 3.8) is 0 Å². The number of thiazole rings is 1. The summed E-state index contributed by atoms with van der Waals surface area (Å²) in [6.45, 7) is 0.387. The second-order valence-electron chi connectivity index (χ2n) is 5.60. The molecule has 0 saturated carbocycles. The van der Waals surface area contributed by atoms with Gasteiger partial charge < -0.3 is 0 Å². The third kappa shape index (κ3) is 3.39. The van der Waals surface area contributed by atoms with Gasteiger partial charge in [-0.1, -0.05) is 24.3 Å². The van der Waals surface area contributed by atoms with Gasteiger partial charge in [0.2, 0.25) is 5.91 Å². The molecule has 0 fully saturated rings. The van der Waals surface area contributed by atoms with E-state index in [0.717, 1.165) is 27.4 Å². The van der Waals surface area contributed by atoms with Gasteiger partial charge in [0.1, 0.15) is 6.54 Å². The van der Waals surface area contributed by atoms with Crippen LogP contribution < -0.4 is 4.90 Å². The lowest BCUT2D eigenvalue weighted by atomic mass is 10.00. The molecule has 23 heavy (non-hydrogen) atoms. The number of hydrogen-bond acceptors (Lipinski definition) is 3. The predicted molar refractivity (Wildman–Crippen MR) is 82.8 cm³/mol. The van der Waals surface area contributed by atoms with Crippen LogP contribution in [0, 0.1) is 6.92 Å². The molecular formula is C16H15F3N2OS. The number of alkyl halides is 3. The maximum Gasteiger partial charge on any atom is 0.406 e. The molecular weight excluding hydrogens is 325 g/mol. The van der Waals surface area contributed by atoms with Crippen LogP contribution >= 0.6 is 11.3 Å². The number of anilines is 1. The van der Waals surface area contributed by atoms with Gasteiger partial charge in [-0.05, 0) is 30.9 Å². The largest absolute Gasteiger partial charge is 0.406 e. The first-order chi connectivity index (χ1) is 10.8. The fourth-order valence-corrected chi connectivity index (χ4v) is 3.69. The summed E-state index contributed by atoms with van der Waals surface area (Å²) in [5.74, 6) is -1.06. The molecule has 1 heterocycles. The number of aromatic nitrogens is 1. The molecule has 7 heteroatoms. The van der Waals surface area contributed by atoms with Crippen LogP contribution in [-0.2, 0) is 11.2 Å². The quantitative estimate of drug-likeness (QED) is 0.844. The Morgan fingerprint density at radius 2 is 2.13 bits per heavy atom. The molecule has 0 spiro atoms. The maximum absolute atomic E-state index is 12.9. The third-order valence-corrected chi connectivity index (χ3v) is 4.85. The Labute approximate surface area is 135 Å². The van der Waals surface area contributed by atoms with Crippen molar-refractivity contribution in [2.45, 2.75) is 31.9 Å². The maximum atomic E-state index is 12.9. The van der Waals surface area contributed by atoms with E-state index in [-0.39, 0.29) is 5.13 Å². The van der Waals surface area contributed by atoms with Crippen molar-refractivity contribution < 1.29 is 18.0 Å². The van der Waals surface area contributed by atoms with Gasteiger partial charge in [0.15, 0.2) is 5.13 Å². The van der Waals surface area contributed by atoms with Crippen LogP contribution in [0.1, 0.15) is 29.2 Å². The molecule has 1 aromatic carbocycles. The summed E-state index contributed by atoms with van der Waals surface area (Å²) in [6.07, 6.45) is -3.21. The Bertz CT molecular complexity index is 726. The van der Waals surface area contributed by atoms with E-state index >= 15 is 0 Å². The van der Waals surface area contributed by atoms with Crippen molar-refractivity contribution in [2.24, 2.45) is 0 Å². The van der Waals surface area contributed by atoms with E-state index < -0.39 is 24.5 Å². The molecule has 122 valence electrons. The number of carbonyl (C=O) groups excluding carboxylic acids is 1. The van der Waals surface area contributed by atoms with Crippen LogP contribution in [0.25, 0.3) is 0 Å². The normalized spacial score (nSPS) is 17.1. The Morgan fingerprint density at radius 1 is 1.39 bits per heavy atom. The molecule has 1 unspecified atom stereocenters. The van der Waals surface area contributed by atoms with Gasteiger partial charge in [-0.25, -0.2) is 4.98 Å². The van der Waals surface area contributed by atoms with Gasteiger partial charge in [0.25, 0.3) is 0 Å². The number of carbonyl (C=O) groups is 1. The average molecular weight is 340 g/mol. The minimum Gasteiger partial charge on any atom is -0.278 e. The van der Waals surface area contributed by atoms with Crippen molar-refractivity contribution in [2.75, 3.05) is 11.4 Å². The lowest BCUT2D eigenvalue weighted by molar-refractivity contribution is -0.133. The number of hydrogen-bond donors (Lipinski definition) is 0. The molecule has 3 nitrogen and oxygen atoms in total. The summed E-state index contributed by atoms with van der Waals surface area (Å²) in [4.78, 5) is 17.6. The highest BCUT2D eigenvalue weighted by atomic mass is 32.1. The third-order valence-electron chi connectivity index (χ3n) is 3.87. The van der Waals surface area contributed by atoms with Gasteiger partial charge in [0, 0.05) is 5.38 Å². The molecule has 2 aromatic rings. The SMILES string of the molecule is Cc1csc(N(CC(F)(F)F)C(=O)C2CCc3ccccc32)n1. The first-order valence-corrected chi connectivity index (χ1v) is 8.11. The second kappa shape index (κ2) is 5.96. The monoisotopic (exact) mass is 340 g/mol. The minimum atomic E-state index is -4.46. The van der Waals surface area contributed by atoms with Crippen LogP contribution in [-0.4, -0.2) is 23.6 Å². The van der Waals surface area contributed by atoms with E-state index in [0.29, 0.717) is 18.5 Å². The summed E-state index contributed by atoms with van der Waals surface area (Å²) in [5, 5.41) is 1.75. The molecule has 1 atom stereocenters. The van der Waals surface area contributed by atoms with Crippen LogP contribution in [0.3, 0.4) is 0 Å². The number of fused-ring (bicyclic) bond motifs is 1. The highest BCUT2D eigenvalue weighted by Gasteiger charge is 2.39. The lowest BCUT2D eigenvalue weighted by Gasteiger charge is -2.24. The van der Waals surface area contributed by atoms with Gasteiger partial charge >= 0.3 is 6.18 Å². The van der Waals surface area contributed by atoms with Crippen molar-refractivity contribution in [1.82, 2.24) is 4.98 Å². The molecule has 1 amide bonds. The van der Waals surface area contributed by atoms with Crippen LogP contribution in [0.2, 0.25) is 0 Å². The molecule has 1 aliphatic rings. The molecule has 0 saturated heterocycles. The first-order valence-electron chi connectivity index (χ1n) is 7.23. The number of rotatable bonds is 3. The fraction of sp³-hybridized carbons (Fsp3) is 0.375. The minimum absolute atomic E-state index is 0.106. The van der Waals surface area contributed by atoms with Gasteiger partial charge in [-0.2, -0.15) is 13.2 Å². The zero-order valence-corrected chi connectivity index (χ0v) is 13.2. The summed E-state index contributed by atoms with van der Waals surface area (Å²) in [5.41, 5.74) is 2.47. The zero-order valence-electron chi connectivity index (χ0n) is 12.4. The summed E-state index contributed by atoms with van der Waals surface area (Å²) < 4.78 is 38.8. The van der Waals surface area contributed by atoms with Crippen molar-refractivity contribution in [3.05, 3.63) is 46.5 Å². The Balaban J connectivity index is 1.92. The number of halogens is 3. The Kier molecular flexibility index (Phi) is 4.14. The van der Waals surface area contributed by atoms with E-state index in [9.17, 15) is 18.0 Å². The van der Waals surface area contributed by atoms with Gasteiger partial charge in [-0.15, -0.1) is 11.3 Å². The first kappa shape index (κ1) is 16.0. The summed E-state index contributed by atoms with van der Waals surface area (Å²) in [7, 11) is 0. The Hall–Kier alpha value is -1.89. The molecule has 0 N–H and O–H groups in total. The molecule has 0 bridgehead atoms. The smallest absolute Gasteiger partial charge is 0.278 e. The zero-order chi connectivity index (χ0) is 16.6. The van der Waals surface area contributed by atoms with Crippen LogP contribution in [0.15, 0.2) is 29.6 Å². The average Bonchev–Trinajstić information content (AvgIpc) is 3.09. The van der Waals surface area contributed by atoms with Crippen LogP contribution in [0.4, 0.5) is 18.3 Å². The van der Waals surface area contributed by atoms with Gasteiger partial charge in [-0.3, -0.25) is 9.69 Å². The number of nitrogens with zero attached hydrogens (tertiary/aromatic N) is 2. The Morgan fingerprint density at radius 3 is 2.78 bits per heavy atom. The number of aryl methyl sites for hydroxylation is 2. The molecule has 0 radical (unpaired) electrons. The summed E-state index contributed by atoms with van der Waals surface area (Å²) in [6, 6.07) is 7.43. The molecule has 1 aromatic heterocycles. The van der Waals surface area contributed by atoms with E-state index in [1.807, 2.05) is 24.3 Å². The van der Waals surface area contributed by atoms with Crippen molar-refractivity contribution in [3.8, 4) is 0 Å². The highest BCUT2D eigenvalue weighted by Crippen LogP contribution is 2.36. The van der Waals surface area contributed by atoms with E-state index in [1.54, 1.807) is 12.3 Å². The molecule has 1 aliphatic carbocycles. The van der Waals surface area contributed by atoms with Crippen molar-refractivity contribution in [1.29, 1.82) is 0 Å². The molecule has 3 rings (SSSR count). The van der Waals surface area contributed by atoms with E-state index in [2.05, 4.69) is 4.98 Å².